The van der Waals surface area contributed by atoms with Gasteiger partial charge in [-0.3, -0.25) is 5.10 Å². The summed E-state index contributed by atoms with van der Waals surface area (Å²) in [4.78, 5) is 0.341. The first-order valence-corrected chi connectivity index (χ1v) is 8.16. The molecule has 8 heteroatoms. The number of hydrogen-bond acceptors (Lipinski definition) is 4. The molecule has 2 heterocycles. The van der Waals surface area contributed by atoms with Crippen molar-refractivity contribution in [2.24, 2.45) is 0 Å². The largest absolute Gasteiger partial charge is 0.315 e. The van der Waals surface area contributed by atoms with Gasteiger partial charge >= 0.3 is 0 Å². The molecule has 0 spiro atoms. The Labute approximate surface area is 126 Å². The Morgan fingerprint density at radius 1 is 1.40 bits per heavy atom. The lowest BCUT2D eigenvalue weighted by molar-refractivity contribution is 0.334. The van der Waals surface area contributed by atoms with E-state index >= 15 is 0 Å². The summed E-state index contributed by atoms with van der Waals surface area (Å²) in [6, 6.07) is 0.0543. The quantitative estimate of drug-likeness (QED) is 0.854. The predicted molar refractivity (Wildman–Crippen MR) is 80.8 cm³/mol. The second-order valence-corrected chi connectivity index (χ2v) is 6.85. The first-order chi connectivity index (χ1) is 8.98. The van der Waals surface area contributed by atoms with Gasteiger partial charge in [-0.05, 0) is 33.2 Å². The molecule has 1 aromatic heterocycles. The van der Waals surface area contributed by atoms with E-state index in [1.165, 1.54) is 0 Å². The lowest BCUT2D eigenvalue weighted by Crippen LogP contribution is -2.42. The molecule has 1 saturated heterocycles. The SMILES string of the molecule is CCCN(C1CCNC1)S(=O)(=O)c1c(C)n[nH]c1C.Cl. The number of aryl methyl sites for hydroxylation is 2. The monoisotopic (exact) mass is 322 g/mol. The average molecular weight is 323 g/mol. The summed E-state index contributed by atoms with van der Waals surface area (Å²) >= 11 is 0. The van der Waals surface area contributed by atoms with E-state index in [-0.39, 0.29) is 18.4 Å². The van der Waals surface area contributed by atoms with Crippen molar-refractivity contribution in [1.82, 2.24) is 19.8 Å². The second-order valence-electron chi connectivity index (χ2n) is 5.03. The molecule has 2 N–H and O–H groups in total. The molecular formula is C12H23ClN4O2S. The zero-order valence-corrected chi connectivity index (χ0v) is 13.8. The Balaban J connectivity index is 0.00000200. The predicted octanol–water partition coefficient (Wildman–Crippen LogP) is 1.21. The molecule has 1 atom stereocenters. The van der Waals surface area contributed by atoms with E-state index in [1.807, 2.05) is 6.92 Å². The Bertz CT molecular complexity index is 518. The van der Waals surface area contributed by atoms with Crippen LogP contribution in [0.2, 0.25) is 0 Å². The molecule has 1 aliphatic heterocycles. The topological polar surface area (TPSA) is 78.1 Å². The van der Waals surface area contributed by atoms with Crippen molar-refractivity contribution in [3.8, 4) is 0 Å². The van der Waals surface area contributed by atoms with Crippen LogP contribution in [0.5, 0.6) is 0 Å². The van der Waals surface area contributed by atoms with Crippen molar-refractivity contribution in [3.63, 3.8) is 0 Å². The highest BCUT2D eigenvalue weighted by Gasteiger charge is 2.35. The van der Waals surface area contributed by atoms with Crippen LogP contribution in [0.25, 0.3) is 0 Å². The van der Waals surface area contributed by atoms with E-state index in [0.29, 0.717) is 22.8 Å². The smallest absolute Gasteiger partial charge is 0.247 e. The summed E-state index contributed by atoms with van der Waals surface area (Å²) in [7, 11) is -3.47. The van der Waals surface area contributed by atoms with Crippen molar-refractivity contribution >= 4 is 22.4 Å². The molecule has 1 unspecified atom stereocenters. The molecule has 20 heavy (non-hydrogen) atoms. The van der Waals surface area contributed by atoms with Crippen molar-refractivity contribution in [2.75, 3.05) is 19.6 Å². The summed E-state index contributed by atoms with van der Waals surface area (Å²) < 4.78 is 27.3. The van der Waals surface area contributed by atoms with Crippen LogP contribution < -0.4 is 5.32 Å². The highest BCUT2D eigenvalue weighted by atomic mass is 35.5. The van der Waals surface area contributed by atoms with Crippen LogP contribution in [0.4, 0.5) is 0 Å². The fourth-order valence-corrected chi connectivity index (χ4v) is 4.72. The van der Waals surface area contributed by atoms with Gasteiger partial charge in [0.1, 0.15) is 4.90 Å². The van der Waals surface area contributed by atoms with Gasteiger partial charge in [0.15, 0.2) is 0 Å². The third-order valence-electron chi connectivity index (χ3n) is 3.51. The van der Waals surface area contributed by atoms with Crippen LogP contribution >= 0.6 is 12.4 Å². The molecule has 0 aliphatic carbocycles. The first-order valence-electron chi connectivity index (χ1n) is 6.72. The number of halogens is 1. The van der Waals surface area contributed by atoms with E-state index in [0.717, 1.165) is 25.9 Å². The molecule has 0 radical (unpaired) electrons. The van der Waals surface area contributed by atoms with Gasteiger partial charge in [0.2, 0.25) is 10.0 Å². The molecule has 2 rings (SSSR count). The van der Waals surface area contributed by atoms with Crippen LogP contribution in [0.3, 0.4) is 0 Å². The van der Waals surface area contributed by atoms with E-state index < -0.39 is 10.0 Å². The van der Waals surface area contributed by atoms with Gasteiger partial charge in [-0.2, -0.15) is 9.40 Å². The van der Waals surface area contributed by atoms with Gasteiger partial charge in [0, 0.05) is 19.1 Å². The fraction of sp³-hybridized carbons (Fsp3) is 0.750. The number of H-pyrrole nitrogens is 1. The van der Waals surface area contributed by atoms with E-state index in [4.69, 9.17) is 0 Å². The van der Waals surface area contributed by atoms with Crippen LogP contribution in [-0.4, -0.2) is 48.6 Å². The van der Waals surface area contributed by atoms with Gasteiger partial charge in [0.05, 0.1) is 11.4 Å². The van der Waals surface area contributed by atoms with Crippen molar-refractivity contribution in [1.29, 1.82) is 0 Å². The minimum absolute atomic E-state index is 0. The number of nitrogens with zero attached hydrogens (tertiary/aromatic N) is 2. The number of rotatable bonds is 5. The number of hydrogen-bond donors (Lipinski definition) is 2. The minimum atomic E-state index is -3.47. The maximum atomic E-state index is 12.9. The molecule has 1 fully saturated rings. The summed E-state index contributed by atoms with van der Waals surface area (Å²) in [6.07, 6.45) is 1.68. The summed E-state index contributed by atoms with van der Waals surface area (Å²) in [5, 5.41) is 9.99. The number of aromatic nitrogens is 2. The number of nitrogens with one attached hydrogen (secondary N) is 2. The van der Waals surface area contributed by atoms with Crippen LogP contribution in [0.15, 0.2) is 4.90 Å². The molecule has 116 valence electrons. The summed E-state index contributed by atoms with van der Waals surface area (Å²) in [5.41, 5.74) is 1.16. The highest BCUT2D eigenvalue weighted by molar-refractivity contribution is 7.89. The van der Waals surface area contributed by atoms with Crippen molar-refractivity contribution in [2.45, 2.75) is 44.6 Å². The molecule has 1 aromatic rings. The Hall–Kier alpha value is -0.630. The van der Waals surface area contributed by atoms with Crippen molar-refractivity contribution < 1.29 is 8.42 Å². The van der Waals surface area contributed by atoms with Gasteiger partial charge in [-0.25, -0.2) is 8.42 Å². The Kier molecular flexibility index (Phi) is 6.00. The molecular weight excluding hydrogens is 300 g/mol. The highest BCUT2D eigenvalue weighted by Crippen LogP contribution is 2.25. The zero-order chi connectivity index (χ0) is 14.0. The standard InChI is InChI=1S/C12H22N4O2S.ClH/c1-4-7-16(11-5-6-13-8-11)19(17,18)12-9(2)14-15-10(12)3;/h11,13H,4-8H2,1-3H3,(H,14,15);1H. The molecule has 0 amide bonds. The molecule has 0 saturated carbocycles. The summed E-state index contributed by atoms with van der Waals surface area (Å²) in [5.74, 6) is 0. The summed E-state index contributed by atoms with van der Waals surface area (Å²) in [6.45, 7) is 7.65. The molecule has 0 bridgehead atoms. The maximum Gasteiger partial charge on any atom is 0.247 e. The first kappa shape index (κ1) is 17.4. The maximum absolute atomic E-state index is 12.9. The third kappa shape index (κ3) is 3.16. The average Bonchev–Trinajstić information content (AvgIpc) is 2.96. The van der Waals surface area contributed by atoms with Crippen LogP contribution in [-0.2, 0) is 10.0 Å². The molecule has 1 aliphatic rings. The Morgan fingerprint density at radius 3 is 2.55 bits per heavy atom. The van der Waals surface area contributed by atoms with Crippen LogP contribution in [0.1, 0.15) is 31.2 Å². The minimum Gasteiger partial charge on any atom is -0.315 e. The van der Waals surface area contributed by atoms with Crippen LogP contribution in [0, 0.1) is 13.8 Å². The van der Waals surface area contributed by atoms with Gasteiger partial charge in [0.25, 0.3) is 0 Å². The molecule has 6 nitrogen and oxygen atoms in total. The van der Waals surface area contributed by atoms with Gasteiger partial charge in [-0.15, -0.1) is 12.4 Å². The second kappa shape index (κ2) is 6.89. The lowest BCUT2D eigenvalue weighted by Gasteiger charge is -2.27. The third-order valence-corrected chi connectivity index (χ3v) is 5.73. The lowest BCUT2D eigenvalue weighted by atomic mass is 10.2. The van der Waals surface area contributed by atoms with E-state index in [9.17, 15) is 8.42 Å². The molecule has 0 aromatic carbocycles. The van der Waals surface area contributed by atoms with Crippen molar-refractivity contribution in [3.05, 3.63) is 11.4 Å². The van der Waals surface area contributed by atoms with E-state index in [2.05, 4.69) is 15.5 Å². The fourth-order valence-electron chi connectivity index (χ4n) is 2.64. The van der Waals surface area contributed by atoms with E-state index in [1.54, 1.807) is 18.2 Å². The Morgan fingerprint density at radius 2 is 2.10 bits per heavy atom. The van der Waals surface area contributed by atoms with Gasteiger partial charge in [-0.1, -0.05) is 6.92 Å². The number of aromatic amines is 1. The zero-order valence-electron chi connectivity index (χ0n) is 12.1. The normalized spacial score (nSPS) is 19.3. The number of sulfonamides is 1. The van der Waals surface area contributed by atoms with Gasteiger partial charge < -0.3 is 5.32 Å².